The number of halogens is 1. The lowest BCUT2D eigenvalue weighted by Crippen LogP contribution is -2.47. The third kappa shape index (κ3) is 5.01. The number of imide groups is 1. The normalized spacial score (nSPS) is 13.7. The molecule has 0 spiro atoms. The Bertz CT molecular complexity index is 987. The van der Waals surface area contributed by atoms with Crippen LogP contribution in [0.2, 0.25) is 0 Å². The highest BCUT2D eigenvalue weighted by Gasteiger charge is 2.35. The molecular formula is C24H26FN3O4. The van der Waals surface area contributed by atoms with Crippen molar-refractivity contribution in [3.8, 4) is 0 Å². The molecular weight excluding hydrogens is 413 g/mol. The van der Waals surface area contributed by atoms with E-state index in [4.69, 9.17) is 0 Å². The molecule has 1 heterocycles. The predicted octanol–water partition coefficient (Wildman–Crippen LogP) is 2.76. The number of carbonyl (C=O) groups excluding carboxylic acids is 4. The van der Waals surface area contributed by atoms with Gasteiger partial charge >= 0.3 is 0 Å². The summed E-state index contributed by atoms with van der Waals surface area (Å²) >= 11 is 0. The molecule has 1 aliphatic heterocycles. The van der Waals surface area contributed by atoms with Crippen LogP contribution in [0.1, 0.15) is 53.0 Å². The highest BCUT2D eigenvalue weighted by Crippen LogP contribution is 2.23. The first kappa shape index (κ1) is 23.1. The topological polar surface area (TPSA) is 86.8 Å². The summed E-state index contributed by atoms with van der Waals surface area (Å²) in [5.74, 6) is -1.69. The zero-order valence-corrected chi connectivity index (χ0v) is 18.1. The van der Waals surface area contributed by atoms with Gasteiger partial charge in [0.1, 0.15) is 11.9 Å². The number of amides is 4. The van der Waals surface area contributed by atoms with Gasteiger partial charge in [0.25, 0.3) is 11.8 Å². The monoisotopic (exact) mass is 439 g/mol. The van der Waals surface area contributed by atoms with Crippen molar-refractivity contribution in [2.75, 3.05) is 13.1 Å². The first-order valence-corrected chi connectivity index (χ1v) is 10.6. The standard InChI is InChI=1S/C24H26FN3O4/c1-3-26-22(30)16(2)28(15-17-10-12-18(25)13-11-17)21(29)9-6-14-27-23(31)19-7-4-5-8-20(19)24(27)32/h4-5,7-8,10-13,16H,3,6,9,14-15H2,1-2H3,(H,26,30)/t16-/m1/s1. The van der Waals surface area contributed by atoms with E-state index in [1.807, 2.05) is 0 Å². The van der Waals surface area contributed by atoms with E-state index in [0.717, 1.165) is 4.90 Å². The average molecular weight is 439 g/mol. The van der Waals surface area contributed by atoms with Gasteiger partial charge < -0.3 is 10.2 Å². The SMILES string of the molecule is CCNC(=O)[C@@H](C)N(Cc1ccc(F)cc1)C(=O)CCCN1C(=O)c2ccccc2C1=O. The van der Waals surface area contributed by atoms with Crippen LogP contribution in [0.4, 0.5) is 4.39 Å². The van der Waals surface area contributed by atoms with Crippen LogP contribution in [-0.4, -0.2) is 52.6 Å². The minimum Gasteiger partial charge on any atom is -0.355 e. The quantitative estimate of drug-likeness (QED) is 0.609. The molecule has 0 saturated heterocycles. The smallest absolute Gasteiger partial charge is 0.261 e. The second kappa shape index (κ2) is 10.2. The van der Waals surface area contributed by atoms with Gasteiger partial charge in [-0.2, -0.15) is 0 Å². The zero-order chi connectivity index (χ0) is 23.3. The van der Waals surface area contributed by atoms with Gasteiger partial charge in [0, 0.05) is 26.1 Å². The average Bonchev–Trinajstić information content (AvgIpc) is 3.03. The molecule has 0 fully saturated rings. The Balaban J connectivity index is 1.65. The lowest BCUT2D eigenvalue weighted by molar-refractivity contribution is -0.140. The molecule has 4 amide bonds. The number of benzene rings is 2. The molecule has 2 aromatic carbocycles. The van der Waals surface area contributed by atoms with Crippen LogP contribution in [0.5, 0.6) is 0 Å². The van der Waals surface area contributed by atoms with Crippen molar-refractivity contribution in [1.29, 1.82) is 0 Å². The number of likely N-dealkylation sites (N-methyl/N-ethyl adjacent to an activating group) is 1. The maximum atomic E-state index is 13.2. The minimum atomic E-state index is -0.730. The van der Waals surface area contributed by atoms with Gasteiger partial charge in [-0.1, -0.05) is 24.3 Å². The van der Waals surface area contributed by atoms with Crippen molar-refractivity contribution in [3.05, 3.63) is 71.0 Å². The summed E-state index contributed by atoms with van der Waals surface area (Å²) in [5, 5.41) is 2.71. The summed E-state index contributed by atoms with van der Waals surface area (Å²) in [4.78, 5) is 52.9. The second-order valence-electron chi connectivity index (χ2n) is 7.63. The van der Waals surface area contributed by atoms with Crippen LogP contribution in [-0.2, 0) is 16.1 Å². The number of hydrogen-bond acceptors (Lipinski definition) is 4. The van der Waals surface area contributed by atoms with Crippen molar-refractivity contribution < 1.29 is 23.6 Å². The summed E-state index contributed by atoms with van der Waals surface area (Å²) < 4.78 is 13.2. The summed E-state index contributed by atoms with van der Waals surface area (Å²) in [6, 6.07) is 11.6. The van der Waals surface area contributed by atoms with E-state index in [1.54, 1.807) is 50.2 Å². The Labute approximate surface area is 186 Å². The highest BCUT2D eigenvalue weighted by molar-refractivity contribution is 6.21. The Hall–Kier alpha value is -3.55. The van der Waals surface area contributed by atoms with E-state index in [2.05, 4.69) is 5.32 Å². The highest BCUT2D eigenvalue weighted by atomic mass is 19.1. The van der Waals surface area contributed by atoms with Gasteiger partial charge in [-0.05, 0) is 50.1 Å². The number of fused-ring (bicyclic) bond motifs is 1. The third-order valence-electron chi connectivity index (χ3n) is 5.44. The van der Waals surface area contributed by atoms with E-state index in [-0.39, 0.29) is 55.4 Å². The van der Waals surface area contributed by atoms with E-state index < -0.39 is 6.04 Å². The maximum Gasteiger partial charge on any atom is 0.261 e. The summed E-state index contributed by atoms with van der Waals surface area (Å²) in [5.41, 5.74) is 1.43. The molecule has 32 heavy (non-hydrogen) atoms. The van der Waals surface area contributed by atoms with Crippen molar-refractivity contribution in [1.82, 2.24) is 15.1 Å². The van der Waals surface area contributed by atoms with Crippen LogP contribution in [0.15, 0.2) is 48.5 Å². The zero-order valence-electron chi connectivity index (χ0n) is 18.1. The van der Waals surface area contributed by atoms with Gasteiger partial charge in [0.2, 0.25) is 11.8 Å². The maximum absolute atomic E-state index is 13.2. The molecule has 0 aromatic heterocycles. The molecule has 8 heteroatoms. The van der Waals surface area contributed by atoms with Crippen LogP contribution >= 0.6 is 0 Å². The number of nitrogens with one attached hydrogen (secondary N) is 1. The number of rotatable bonds is 9. The Kier molecular flexibility index (Phi) is 7.35. The van der Waals surface area contributed by atoms with Gasteiger partial charge in [-0.15, -0.1) is 0 Å². The van der Waals surface area contributed by atoms with Crippen LogP contribution in [0.25, 0.3) is 0 Å². The first-order chi connectivity index (χ1) is 15.3. The van der Waals surface area contributed by atoms with Crippen LogP contribution in [0, 0.1) is 5.82 Å². The fraction of sp³-hybridized carbons (Fsp3) is 0.333. The number of hydrogen-bond donors (Lipinski definition) is 1. The molecule has 0 aliphatic carbocycles. The third-order valence-corrected chi connectivity index (χ3v) is 5.44. The van der Waals surface area contributed by atoms with Crippen molar-refractivity contribution in [3.63, 3.8) is 0 Å². The van der Waals surface area contributed by atoms with Gasteiger partial charge in [0.15, 0.2) is 0 Å². The Morgan fingerprint density at radius 3 is 2.19 bits per heavy atom. The lowest BCUT2D eigenvalue weighted by atomic mass is 10.1. The second-order valence-corrected chi connectivity index (χ2v) is 7.63. The number of carbonyl (C=O) groups is 4. The molecule has 1 atom stereocenters. The summed E-state index contributed by atoms with van der Waals surface area (Å²) in [6.45, 7) is 4.11. The molecule has 3 rings (SSSR count). The minimum absolute atomic E-state index is 0.0539. The number of nitrogens with zero attached hydrogens (tertiary/aromatic N) is 2. The molecule has 0 radical (unpaired) electrons. The molecule has 0 unspecified atom stereocenters. The molecule has 168 valence electrons. The van der Waals surface area contributed by atoms with Gasteiger partial charge in [-0.25, -0.2) is 4.39 Å². The fourth-order valence-corrected chi connectivity index (χ4v) is 3.67. The Morgan fingerprint density at radius 1 is 1.03 bits per heavy atom. The molecule has 1 N–H and O–H groups in total. The van der Waals surface area contributed by atoms with Crippen molar-refractivity contribution in [2.45, 2.75) is 39.3 Å². The van der Waals surface area contributed by atoms with Crippen LogP contribution < -0.4 is 5.32 Å². The van der Waals surface area contributed by atoms with Crippen LogP contribution in [0.3, 0.4) is 0 Å². The predicted molar refractivity (Wildman–Crippen MR) is 116 cm³/mol. The summed E-state index contributed by atoms with van der Waals surface area (Å²) in [7, 11) is 0. The van der Waals surface area contributed by atoms with E-state index in [0.29, 0.717) is 23.2 Å². The van der Waals surface area contributed by atoms with Gasteiger partial charge in [-0.3, -0.25) is 24.1 Å². The molecule has 0 bridgehead atoms. The van der Waals surface area contributed by atoms with E-state index in [9.17, 15) is 23.6 Å². The van der Waals surface area contributed by atoms with E-state index >= 15 is 0 Å². The Morgan fingerprint density at radius 2 is 1.62 bits per heavy atom. The first-order valence-electron chi connectivity index (χ1n) is 10.6. The van der Waals surface area contributed by atoms with Crippen molar-refractivity contribution in [2.24, 2.45) is 0 Å². The molecule has 7 nitrogen and oxygen atoms in total. The molecule has 0 saturated carbocycles. The largest absolute Gasteiger partial charge is 0.355 e. The summed E-state index contributed by atoms with van der Waals surface area (Å²) in [6.07, 6.45) is 0.324. The van der Waals surface area contributed by atoms with Gasteiger partial charge in [0.05, 0.1) is 11.1 Å². The molecule has 1 aliphatic rings. The van der Waals surface area contributed by atoms with Crippen molar-refractivity contribution >= 4 is 23.6 Å². The lowest BCUT2D eigenvalue weighted by Gasteiger charge is -2.29. The molecule has 2 aromatic rings. The van der Waals surface area contributed by atoms with E-state index in [1.165, 1.54) is 17.0 Å². The fourth-order valence-electron chi connectivity index (χ4n) is 3.67.